The van der Waals surface area contributed by atoms with Crippen LogP contribution in [0.5, 0.6) is 0 Å². The van der Waals surface area contributed by atoms with Crippen LogP contribution in [0.4, 0.5) is 0 Å². The van der Waals surface area contributed by atoms with Crippen LogP contribution < -0.4 is 0 Å². The Kier molecular flexibility index (Phi) is 5.99. The molecular weight excluding hydrogens is 661 g/mol. The Bertz CT molecular complexity index is 3320. The molecule has 250 valence electrons. The van der Waals surface area contributed by atoms with Crippen LogP contribution in [0.1, 0.15) is 0 Å². The second kappa shape index (κ2) is 11.1. The molecule has 0 amide bonds. The largest absolute Gasteiger partial charge is 0.456 e. The fraction of sp³-hybridized carbons (Fsp3) is 0. The van der Waals surface area contributed by atoms with E-state index in [4.69, 9.17) is 19.4 Å². The van der Waals surface area contributed by atoms with Crippen LogP contribution in [0.15, 0.2) is 174 Å². The monoisotopic (exact) mass is 688 g/mol. The third-order valence-electron chi connectivity index (χ3n) is 11.0. The Labute approximate surface area is 309 Å². The summed E-state index contributed by atoms with van der Waals surface area (Å²) in [6, 6.07) is 59.5. The van der Waals surface area contributed by atoms with Crippen LogP contribution in [0.3, 0.4) is 0 Å². The van der Waals surface area contributed by atoms with Gasteiger partial charge in [-0.1, -0.05) is 133 Å². The molecule has 12 rings (SSSR count). The molecule has 0 saturated heterocycles. The van der Waals surface area contributed by atoms with Gasteiger partial charge in [0.2, 0.25) is 0 Å². The van der Waals surface area contributed by atoms with Crippen molar-refractivity contribution >= 4 is 54.5 Å². The van der Waals surface area contributed by atoms with Crippen molar-refractivity contribution in [3.8, 4) is 62.1 Å². The summed E-state index contributed by atoms with van der Waals surface area (Å²) < 4.78 is 8.95. The molecular formula is C49H28N4O. The second-order valence-corrected chi connectivity index (χ2v) is 13.9. The first-order valence-electron chi connectivity index (χ1n) is 18.2. The van der Waals surface area contributed by atoms with E-state index in [-0.39, 0.29) is 0 Å². The summed E-state index contributed by atoms with van der Waals surface area (Å²) in [5.41, 5.74) is 12.4. The minimum Gasteiger partial charge on any atom is -0.456 e. The number of hydrogen-bond donors (Lipinski definition) is 0. The molecule has 1 aliphatic carbocycles. The van der Waals surface area contributed by atoms with Crippen LogP contribution in [0.25, 0.3) is 117 Å². The molecule has 0 fully saturated rings. The van der Waals surface area contributed by atoms with Crippen molar-refractivity contribution in [2.75, 3.05) is 0 Å². The van der Waals surface area contributed by atoms with Gasteiger partial charge in [-0.2, -0.15) is 0 Å². The normalized spacial score (nSPS) is 12.1. The maximum absolute atomic E-state index is 6.62. The SMILES string of the molecule is c1ccc(-c2nc(-c3ccc4c5ccccc5n(-c5ccccc5)c4c3)nc(-c3c4c(cc5oc6ccccc6c35)-c3cccc5cccc-4c35)n2)cc1. The highest BCUT2D eigenvalue weighted by Crippen LogP contribution is 2.54. The highest BCUT2D eigenvalue weighted by Gasteiger charge is 2.30. The van der Waals surface area contributed by atoms with Crippen molar-refractivity contribution in [1.82, 2.24) is 19.5 Å². The average molecular weight is 689 g/mol. The van der Waals surface area contributed by atoms with Crippen LogP contribution in [0.2, 0.25) is 0 Å². The molecule has 0 unspecified atom stereocenters. The van der Waals surface area contributed by atoms with E-state index in [2.05, 4.69) is 144 Å². The molecule has 0 saturated carbocycles. The molecule has 0 bridgehead atoms. The smallest absolute Gasteiger partial charge is 0.165 e. The van der Waals surface area contributed by atoms with Gasteiger partial charge < -0.3 is 8.98 Å². The summed E-state index contributed by atoms with van der Waals surface area (Å²) in [6.45, 7) is 0. The van der Waals surface area contributed by atoms with Gasteiger partial charge in [0, 0.05) is 49.5 Å². The third kappa shape index (κ3) is 4.12. The molecule has 3 aromatic heterocycles. The zero-order chi connectivity index (χ0) is 35.3. The number of rotatable bonds is 4. The number of benzene rings is 8. The number of furan rings is 1. The number of hydrogen-bond acceptors (Lipinski definition) is 4. The minimum atomic E-state index is 0.609. The highest BCUT2D eigenvalue weighted by atomic mass is 16.3. The van der Waals surface area contributed by atoms with Gasteiger partial charge in [0.1, 0.15) is 11.2 Å². The molecule has 0 atom stereocenters. The Morgan fingerprint density at radius 2 is 1.06 bits per heavy atom. The fourth-order valence-electron chi connectivity index (χ4n) is 8.67. The summed E-state index contributed by atoms with van der Waals surface area (Å²) in [7, 11) is 0. The van der Waals surface area contributed by atoms with E-state index in [1.165, 1.54) is 32.7 Å². The predicted molar refractivity (Wildman–Crippen MR) is 220 cm³/mol. The van der Waals surface area contributed by atoms with Gasteiger partial charge in [0.05, 0.1) is 11.0 Å². The molecule has 11 aromatic rings. The number of fused-ring (bicyclic) bond motifs is 9. The Hall–Kier alpha value is -7.37. The highest BCUT2D eigenvalue weighted by molar-refractivity contribution is 6.25. The zero-order valence-corrected chi connectivity index (χ0v) is 28.9. The lowest BCUT2D eigenvalue weighted by Crippen LogP contribution is -2.02. The van der Waals surface area contributed by atoms with Crippen molar-refractivity contribution in [3.63, 3.8) is 0 Å². The molecule has 8 aromatic carbocycles. The molecule has 1 aliphatic rings. The lowest BCUT2D eigenvalue weighted by molar-refractivity contribution is 0.669. The summed E-state index contributed by atoms with van der Waals surface area (Å²) in [4.78, 5) is 16.0. The van der Waals surface area contributed by atoms with Crippen molar-refractivity contribution in [2.24, 2.45) is 0 Å². The lowest BCUT2D eigenvalue weighted by Gasteiger charge is -2.14. The summed E-state index contributed by atoms with van der Waals surface area (Å²) in [5.74, 6) is 1.84. The number of nitrogens with zero attached hydrogens (tertiary/aromatic N) is 4. The van der Waals surface area contributed by atoms with Crippen LogP contribution in [-0.4, -0.2) is 19.5 Å². The van der Waals surface area contributed by atoms with Gasteiger partial charge in [-0.3, -0.25) is 0 Å². The fourth-order valence-corrected chi connectivity index (χ4v) is 8.67. The van der Waals surface area contributed by atoms with E-state index >= 15 is 0 Å². The number of aromatic nitrogens is 4. The van der Waals surface area contributed by atoms with Crippen molar-refractivity contribution in [3.05, 3.63) is 170 Å². The molecule has 5 heteroatoms. The minimum absolute atomic E-state index is 0.609. The van der Waals surface area contributed by atoms with Gasteiger partial charge in [0.25, 0.3) is 0 Å². The van der Waals surface area contributed by atoms with Gasteiger partial charge in [-0.25, -0.2) is 15.0 Å². The second-order valence-electron chi connectivity index (χ2n) is 13.9. The van der Waals surface area contributed by atoms with Crippen LogP contribution in [0, 0.1) is 0 Å². The van der Waals surface area contributed by atoms with E-state index in [1.807, 2.05) is 30.3 Å². The van der Waals surface area contributed by atoms with Crippen molar-refractivity contribution in [1.29, 1.82) is 0 Å². The quantitative estimate of drug-likeness (QED) is 0.185. The first-order chi connectivity index (χ1) is 26.8. The summed E-state index contributed by atoms with van der Waals surface area (Å²) >= 11 is 0. The van der Waals surface area contributed by atoms with Crippen molar-refractivity contribution in [2.45, 2.75) is 0 Å². The number of para-hydroxylation sites is 3. The average Bonchev–Trinajstić information content (AvgIpc) is 3.89. The zero-order valence-electron chi connectivity index (χ0n) is 28.9. The molecule has 0 aliphatic heterocycles. The molecule has 0 spiro atoms. The van der Waals surface area contributed by atoms with Crippen LogP contribution in [-0.2, 0) is 0 Å². The van der Waals surface area contributed by atoms with E-state index in [0.717, 1.165) is 66.5 Å². The first-order valence-corrected chi connectivity index (χ1v) is 18.2. The van der Waals surface area contributed by atoms with Gasteiger partial charge in [-0.15, -0.1) is 0 Å². The molecule has 3 heterocycles. The van der Waals surface area contributed by atoms with Crippen molar-refractivity contribution < 1.29 is 4.42 Å². The Morgan fingerprint density at radius 1 is 0.389 bits per heavy atom. The molecule has 0 radical (unpaired) electrons. The molecule has 54 heavy (non-hydrogen) atoms. The molecule has 5 nitrogen and oxygen atoms in total. The van der Waals surface area contributed by atoms with E-state index in [0.29, 0.717) is 17.5 Å². The Balaban J connectivity index is 1.19. The predicted octanol–water partition coefficient (Wildman–Crippen LogP) is 12.7. The third-order valence-corrected chi connectivity index (χ3v) is 11.0. The van der Waals surface area contributed by atoms with Gasteiger partial charge >= 0.3 is 0 Å². The van der Waals surface area contributed by atoms with Gasteiger partial charge in [-0.05, 0) is 63.9 Å². The van der Waals surface area contributed by atoms with E-state index in [9.17, 15) is 0 Å². The maximum Gasteiger partial charge on any atom is 0.165 e. The summed E-state index contributed by atoms with van der Waals surface area (Å²) in [6.07, 6.45) is 0. The standard InChI is InChI=1S/C49H28N4O/c1-3-13-30(14-4-1)47-50-48(31-25-26-34-33-19-7-9-23-39(33)53(40(34)27-31)32-17-5-2-6-18-32)52-49(51-47)46-44-37-22-12-16-29-15-11-21-35(43(29)37)38(44)28-42-45(46)36-20-8-10-24-41(36)54-42/h1-28H. The maximum atomic E-state index is 6.62. The van der Waals surface area contributed by atoms with E-state index in [1.54, 1.807) is 0 Å². The van der Waals surface area contributed by atoms with E-state index < -0.39 is 0 Å². The summed E-state index contributed by atoms with van der Waals surface area (Å²) in [5, 5.41) is 6.86. The lowest BCUT2D eigenvalue weighted by atomic mass is 9.93. The van der Waals surface area contributed by atoms with Gasteiger partial charge in [0.15, 0.2) is 17.5 Å². The molecule has 0 N–H and O–H groups in total. The van der Waals surface area contributed by atoms with Crippen LogP contribution >= 0.6 is 0 Å². The topological polar surface area (TPSA) is 56.7 Å². The Morgan fingerprint density at radius 3 is 1.89 bits per heavy atom. The first kappa shape index (κ1) is 29.2.